The number of azide groups is 1. The van der Waals surface area contributed by atoms with Gasteiger partial charge in [-0.05, 0) is 40.6 Å². The number of nitrogens with zero attached hydrogens (tertiary/aromatic N) is 3. The first-order valence-corrected chi connectivity index (χ1v) is 16.5. The highest BCUT2D eigenvalue weighted by Crippen LogP contribution is 2.33. The first kappa shape index (κ1) is 35.8. The van der Waals surface area contributed by atoms with Crippen molar-refractivity contribution in [2.24, 2.45) is 5.11 Å². The van der Waals surface area contributed by atoms with E-state index >= 15 is 0 Å². The number of hydrogen-bond acceptors (Lipinski definition) is 8. The zero-order valence-electron chi connectivity index (χ0n) is 27.7. The second-order valence-corrected chi connectivity index (χ2v) is 11.8. The third-order valence-corrected chi connectivity index (χ3v) is 8.37. The minimum Gasteiger partial charge on any atom is -0.469 e. The molecule has 6 atom stereocenters. The van der Waals surface area contributed by atoms with Gasteiger partial charge in [0.2, 0.25) is 0 Å². The summed E-state index contributed by atoms with van der Waals surface area (Å²) in [6, 6.07) is 38.7. The fourth-order valence-electron chi connectivity index (χ4n) is 5.86. The lowest BCUT2D eigenvalue weighted by atomic mass is 9.91. The molecule has 0 unspecified atom stereocenters. The molecule has 0 aromatic heterocycles. The quantitative estimate of drug-likeness (QED) is 0.0471. The maximum absolute atomic E-state index is 12.5. The number of carbonyl (C=O) groups is 1. The number of ether oxygens (including phenoxy) is 6. The van der Waals surface area contributed by atoms with Crippen LogP contribution in [0.3, 0.4) is 0 Å². The number of methoxy groups -OCH3 is 1. The Morgan fingerprint density at radius 2 is 1.10 bits per heavy atom. The van der Waals surface area contributed by atoms with E-state index in [1.807, 2.05) is 121 Å². The van der Waals surface area contributed by atoms with E-state index in [-0.39, 0.29) is 13.0 Å². The Kier molecular flexibility index (Phi) is 14.2. The van der Waals surface area contributed by atoms with Crippen molar-refractivity contribution in [3.8, 4) is 0 Å². The van der Waals surface area contributed by atoms with Gasteiger partial charge in [0.1, 0.15) is 30.5 Å². The summed E-state index contributed by atoms with van der Waals surface area (Å²) >= 11 is 0. The van der Waals surface area contributed by atoms with E-state index in [0.717, 1.165) is 22.3 Å². The molecule has 0 bridgehead atoms. The average Bonchev–Trinajstić information content (AvgIpc) is 3.16. The molecule has 10 nitrogen and oxygen atoms in total. The fraction of sp³-hybridized carbons (Fsp3) is 0.359. The van der Waals surface area contributed by atoms with Crippen molar-refractivity contribution in [2.75, 3.05) is 13.7 Å². The number of carbonyl (C=O) groups excluding carboxylic acids is 1. The molecule has 0 aliphatic carbocycles. The first-order valence-electron chi connectivity index (χ1n) is 16.5. The topological polar surface area (TPSA) is 121 Å². The van der Waals surface area contributed by atoms with Crippen molar-refractivity contribution in [2.45, 2.75) is 75.8 Å². The molecule has 0 N–H and O–H groups in total. The van der Waals surface area contributed by atoms with Crippen LogP contribution in [0.5, 0.6) is 0 Å². The molecule has 1 aliphatic heterocycles. The molecular formula is C39H43N3O7. The van der Waals surface area contributed by atoms with Gasteiger partial charge in [0.05, 0.1) is 46.2 Å². The molecule has 49 heavy (non-hydrogen) atoms. The van der Waals surface area contributed by atoms with Crippen molar-refractivity contribution in [3.05, 3.63) is 154 Å². The molecule has 0 amide bonds. The molecular weight excluding hydrogens is 622 g/mol. The molecule has 5 rings (SSSR count). The Morgan fingerprint density at radius 1 is 0.673 bits per heavy atom. The zero-order valence-corrected chi connectivity index (χ0v) is 27.7. The smallest absolute Gasteiger partial charge is 0.314 e. The molecule has 4 aromatic rings. The third kappa shape index (κ3) is 11.0. The number of hydrogen-bond donors (Lipinski definition) is 0. The lowest BCUT2D eigenvalue weighted by Crippen LogP contribution is -2.61. The van der Waals surface area contributed by atoms with Gasteiger partial charge in [0.15, 0.2) is 0 Å². The summed E-state index contributed by atoms with van der Waals surface area (Å²) in [6.07, 6.45) is -2.38. The van der Waals surface area contributed by atoms with E-state index in [4.69, 9.17) is 34.0 Å². The summed E-state index contributed by atoms with van der Waals surface area (Å²) in [5, 5.41) is 3.70. The van der Waals surface area contributed by atoms with E-state index in [0.29, 0.717) is 32.8 Å². The second-order valence-electron chi connectivity index (χ2n) is 11.8. The van der Waals surface area contributed by atoms with Crippen molar-refractivity contribution in [3.63, 3.8) is 0 Å². The van der Waals surface area contributed by atoms with Crippen LogP contribution in [0.25, 0.3) is 10.4 Å². The molecule has 0 radical (unpaired) electrons. The van der Waals surface area contributed by atoms with Crippen molar-refractivity contribution >= 4 is 5.97 Å². The van der Waals surface area contributed by atoms with Gasteiger partial charge >= 0.3 is 5.97 Å². The molecule has 0 saturated carbocycles. The Labute approximate surface area is 287 Å². The summed E-state index contributed by atoms with van der Waals surface area (Å²) in [4.78, 5) is 15.4. The maximum Gasteiger partial charge on any atom is 0.314 e. The van der Waals surface area contributed by atoms with Crippen LogP contribution in [-0.2, 0) is 59.6 Å². The predicted molar refractivity (Wildman–Crippen MR) is 184 cm³/mol. The summed E-state index contributed by atoms with van der Waals surface area (Å²) in [5.74, 6) is -0.612. The van der Waals surface area contributed by atoms with Crippen molar-refractivity contribution in [1.82, 2.24) is 0 Å². The Balaban J connectivity index is 1.46. The Hall–Kier alpha value is -4.54. The molecule has 1 saturated heterocycles. The van der Waals surface area contributed by atoms with E-state index < -0.39 is 42.5 Å². The van der Waals surface area contributed by atoms with E-state index in [2.05, 4.69) is 10.0 Å². The van der Waals surface area contributed by atoms with Crippen LogP contribution >= 0.6 is 0 Å². The van der Waals surface area contributed by atoms with Gasteiger partial charge in [-0.2, -0.15) is 0 Å². The lowest BCUT2D eigenvalue weighted by molar-refractivity contribution is -0.273. The van der Waals surface area contributed by atoms with Gasteiger partial charge < -0.3 is 28.4 Å². The summed E-state index contributed by atoms with van der Waals surface area (Å²) in [6.45, 7) is 1.55. The molecule has 10 heteroatoms. The van der Waals surface area contributed by atoms with Crippen molar-refractivity contribution in [1.29, 1.82) is 0 Å². The van der Waals surface area contributed by atoms with Gasteiger partial charge in [0, 0.05) is 4.91 Å². The molecule has 1 fully saturated rings. The average molecular weight is 666 g/mol. The summed E-state index contributed by atoms with van der Waals surface area (Å²) < 4.78 is 38.1. The Morgan fingerprint density at radius 3 is 1.55 bits per heavy atom. The van der Waals surface area contributed by atoms with Crippen LogP contribution in [0.2, 0.25) is 0 Å². The highest BCUT2D eigenvalue weighted by molar-refractivity contribution is 5.75. The van der Waals surface area contributed by atoms with E-state index in [9.17, 15) is 4.79 Å². The molecule has 1 aliphatic rings. The van der Waals surface area contributed by atoms with Gasteiger partial charge in [-0.15, -0.1) is 0 Å². The van der Waals surface area contributed by atoms with Gasteiger partial charge in [-0.3, -0.25) is 4.79 Å². The van der Waals surface area contributed by atoms with Crippen LogP contribution < -0.4 is 0 Å². The largest absolute Gasteiger partial charge is 0.469 e. The fourth-order valence-corrected chi connectivity index (χ4v) is 5.86. The Bertz CT molecular complexity index is 1570. The van der Waals surface area contributed by atoms with Gasteiger partial charge in [-0.25, -0.2) is 0 Å². The summed E-state index contributed by atoms with van der Waals surface area (Å²) in [7, 11) is 1.27. The van der Waals surface area contributed by atoms with Crippen LogP contribution in [-0.4, -0.2) is 56.2 Å². The first-order chi connectivity index (χ1) is 24.1. The van der Waals surface area contributed by atoms with E-state index in [1.54, 1.807) is 0 Å². The molecule has 1 heterocycles. The third-order valence-electron chi connectivity index (χ3n) is 8.37. The van der Waals surface area contributed by atoms with Gasteiger partial charge in [0.25, 0.3) is 0 Å². The van der Waals surface area contributed by atoms with Crippen LogP contribution in [0, 0.1) is 0 Å². The minimum atomic E-state index is -1.02. The normalized spacial score (nSPS) is 21.0. The standard InChI is InChI=1S/C39H43N3O7/c1-44-39(43)33(41-42-40)22-23-34-36(46-25-30-16-8-3-9-17-30)38(48-27-32-20-12-5-13-21-32)37(47-26-31-18-10-4-11-19-31)35(49-34)28-45-24-29-14-6-2-7-15-29/h2-21,33-38H,22-28H2,1H3/t33-,34+,35-,36+,37+,38-/m1/s1. The second kappa shape index (κ2) is 19.5. The lowest BCUT2D eigenvalue weighted by Gasteiger charge is -2.46. The minimum absolute atomic E-state index is 0.186. The number of rotatable bonds is 18. The predicted octanol–water partition coefficient (Wildman–Crippen LogP) is 7.36. The van der Waals surface area contributed by atoms with E-state index in [1.165, 1.54) is 7.11 Å². The van der Waals surface area contributed by atoms with Crippen LogP contribution in [0.15, 0.2) is 126 Å². The monoisotopic (exact) mass is 665 g/mol. The SMILES string of the molecule is COC(=O)[C@@H](CC[C@@H]1O[C@H](COCc2ccccc2)[C@H](OCc2ccccc2)[C@H](OCc2ccccc2)[C@H]1OCc1ccccc1)N=[N+]=[N-]. The van der Waals surface area contributed by atoms with Crippen molar-refractivity contribution < 1.29 is 33.2 Å². The number of benzene rings is 4. The maximum atomic E-state index is 12.5. The van der Waals surface area contributed by atoms with Crippen LogP contribution in [0.4, 0.5) is 0 Å². The summed E-state index contributed by atoms with van der Waals surface area (Å²) in [5.41, 5.74) is 13.2. The van der Waals surface area contributed by atoms with Gasteiger partial charge in [-0.1, -0.05) is 126 Å². The number of esters is 1. The van der Waals surface area contributed by atoms with Crippen LogP contribution in [0.1, 0.15) is 35.1 Å². The zero-order chi connectivity index (χ0) is 34.1. The molecule has 256 valence electrons. The highest BCUT2D eigenvalue weighted by atomic mass is 16.6. The highest BCUT2D eigenvalue weighted by Gasteiger charge is 2.48. The molecule has 4 aromatic carbocycles. The molecule has 0 spiro atoms.